The zero-order chi connectivity index (χ0) is 11.0. The summed E-state index contributed by atoms with van der Waals surface area (Å²) in [6.07, 6.45) is 1.93. The Balaban J connectivity index is 3.98. The third-order valence-corrected chi connectivity index (χ3v) is 2.00. The zero-order valence-electron chi connectivity index (χ0n) is 8.79. The maximum absolute atomic E-state index is 11.4. The molecular formula is C10H18N2O2. The number of nitrogens with zero attached hydrogens (tertiary/aromatic N) is 1. The molecule has 2 atom stereocenters. The lowest BCUT2D eigenvalue weighted by Crippen LogP contribution is -2.37. The number of hydrogen-bond donors (Lipinski definition) is 2. The first kappa shape index (κ1) is 12.9. The molecule has 0 radical (unpaired) electrons. The fraction of sp³-hybridized carbons (Fsp3) is 0.800. The summed E-state index contributed by atoms with van der Waals surface area (Å²) in [4.78, 5) is 11.4. The van der Waals surface area contributed by atoms with Crippen molar-refractivity contribution in [2.24, 2.45) is 5.92 Å². The van der Waals surface area contributed by atoms with Crippen molar-refractivity contribution >= 4 is 5.91 Å². The van der Waals surface area contributed by atoms with Gasteiger partial charge in [0.1, 0.15) is 5.92 Å². The number of nitrogens with one attached hydrogen (secondary N) is 1. The highest BCUT2D eigenvalue weighted by Gasteiger charge is 2.17. The Morgan fingerprint density at radius 3 is 2.64 bits per heavy atom. The van der Waals surface area contributed by atoms with Crippen LogP contribution in [0.25, 0.3) is 0 Å². The van der Waals surface area contributed by atoms with Gasteiger partial charge in [-0.2, -0.15) is 5.26 Å². The van der Waals surface area contributed by atoms with Crippen LogP contribution >= 0.6 is 0 Å². The number of amides is 1. The van der Waals surface area contributed by atoms with Gasteiger partial charge < -0.3 is 10.4 Å². The van der Waals surface area contributed by atoms with Crippen molar-refractivity contribution in [1.82, 2.24) is 5.32 Å². The minimum absolute atomic E-state index is 0.0481. The van der Waals surface area contributed by atoms with E-state index < -0.39 is 5.92 Å². The molecule has 1 amide bonds. The Morgan fingerprint density at radius 1 is 1.57 bits per heavy atom. The van der Waals surface area contributed by atoms with E-state index in [0.29, 0.717) is 12.8 Å². The van der Waals surface area contributed by atoms with Crippen LogP contribution in [0.2, 0.25) is 0 Å². The van der Waals surface area contributed by atoms with E-state index in [1.807, 2.05) is 19.9 Å². The fourth-order valence-corrected chi connectivity index (χ4v) is 1.15. The Bertz CT molecular complexity index is 211. The molecule has 80 valence electrons. The molecule has 0 aliphatic rings. The van der Waals surface area contributed by atoms with Crippen molar-refractivity contribution in [3.05, 3.63) is 0 Å². The molecule has 0 heterocycles. The fourth-order valence-electron chi connectivity index (χ4n) is 1.15. The van der Waals surface area contributed by atoms with Crippen LogP contribution in [-0.4, -0.2) is 23.7 Å². The summed E-state index contributed by atoms with van der Waals surface area (Å²) in [6, 6.07) is 1.91. The normalized spacial score (nSPS) is 14.1. The number of carbonyl (C=O) groups excluding carboxylic acids is 1. The lowest BCUT2D eigenvalue weighted by molar-refractivity contribution is -0.124. The average Bonchev–Trinajstić information content (AvgIpc) is 2.14. The lowest BCUT2D eigenvalue weighted by atomic mass is 10.0. The van der Waals surface area contributed by atoms with E-state index >= 15 is 0 Å². The Kier molecular flexibility index (Phi) is 6.77. The number of aliphatic hydroxyl groups is 1. The molecule has 0 aromatic heterocycles. The van der Waals surface area contributed by atoms with E-state index in [-0.39, 0.29) is 18.6 Å². The van der Waals surface area contributed by atoms with Gasteiger partial charge in [-0.3, -0.25) is 4.79 Å². The largest absolute Gasteiger partial charge is 0.396 e. The van der Waals surface area contributed by atoms with Gasteiger partial charge in [0.2, 0.25) is 5.91 Å². The van der Waals surface area contributed by atoms with Crippen molar-refractivity contribution in [3.63, 3.8) is 0 Å². The first-order valence-corrected chi connectivity index (χ1v) is 4.96. The Labute approximate surface area is 84.9 Å². The molecule has 0 aromatic rings. The molecule has 0 aromatic carbocycles. The van der Waals surface area contributed by atoms with Crippen LogP contribution < -0.4 is 5.32 Å². The van der Waals surface area contributed by atoms with E-state index in [1.165, 1.54) is 0 Å². The number of hydrogen-bond acceptors (Lipinski definition) is 3. The number of aliphatic hydroxyl groups excluding tert-OH is 1. The zero-order valence-corrected chi connectivity index (χ0v) is 8.79. The minimum Gasteiger partial charge on any atom is -0.396 e. The van der Waals surface area contributed by atoms with Crippen LogP contribution in [0.4, 0.5) is 0 Å². The first-order chi connectivity index (χ1) is 6.65. The van der Waals surface area contributed by atoms with Crippen LogP contribution in [0.1, 0.15) is 33.1 Å². The maximum Gasteiger partial charge on any atom is 0.237 e. The molecule has 0 spiro atoms. The van der Waals surface area contributed by atoms with Gasteiger partial charge in [0.25, 0.3) is 0 Å². The van der Waals surface area contributed by atoms with Gasteiger partial charge in [-0.15, -0.1) is 0 Å². The van der Waals surface area contributed by atoms with Gasteiger partial charge in [0.05, 0.1) is 6.07 Å². The summed E-state index contributed by atoms with van der Waals surface area (Å²) >= 11 is 0. The van der Waals surface area contributed by atoms with Gasteiger partial charge >= 0.3 is 0 Å². The third kappa shape index (κ3) is 4.83. The second kappa shape index (κ2) is 7.34. The van der Waals surface area contributed by atoms with E-state index in [4.69, 9.17) is 10.4 Å². The Hall–Kier alpha value is -1.08. The highest BCUT2D eigenvalue weighted by atomic mass is 16.3. The third-order valence-electron chi connectivity index (χ3n) is 2.00. The van der Waals surface area contributed by atoms with Gasteiger partial charge in [0, 0.05) is 12.6 Å². The highest BCUT2D eigenvalue weighted by Crippen LogP contribution is 2.05. The second-order valence-corrected chi connectivity index (χ2v) is 3.39. The quantitative estimate of drug-likeness (QED) is 0.663. The minimum atomic E-state index is -0.554. The highest BCUT2D eigenvalue weighted by molar-refractivity contribution is 5.81. The van der Waals surface area contributed by atoms with Crippen LogP contribution in [0.15, 0.2) is 0 Å². The van der Waals surface area contributed by atoms with Crippen molar-refractivity contribution in [1.29, 1.82) is 5.26 Å². The van der Waals surface area contributed by atoms with Crippen molar-refractivity contribution in [3.8, 4) is 6.07 Å². The summed E-state index contributed by atoms with van der Waals surface area (Å²) in [7, 11) is 0. The SMILES string of the molecule is CCCC(C#N)C(=O)NC(C)CCO. The number of rotatable bonds is 6. The van der Waals surface area contributed by atoms with E-state index in [1.54, 1.807) is 0 Å². The predicted molar refractivity (Wildman–Crippen MR) is 53.3 cm³/mol. The average molecular weight is 198 g/mol. The molecule has 4 nitrogen and oxygen atoms in total. The van der Waals surface area contributed by atoms with E-state index in [2.05, 4.69) is 5.32 Å². The van der Waals surface area contributed by atoms with Gasteiger partial charge in [0.15, 0.2) is 0 Å². The molecule has 0 bridgehead atoms. The van der Waals surface area contributed by atoms with E-state index in [0.717, 1.165) is 6.42 Å². The molecular weight excluding hydrogens is 180 g/mol. The van der Waals surface area contributed by atoms with Gasteiger partial charge in [-0.1, -0.05) is 13.3 Å². The number of nitriles is 1. The lowest BCUT2D eigenvalue weighted by Gasteiger charge is -2.14. The molecule has 0 saturated heterocycles. The molecule has 0 saturated carbocycles. The van der Waals surface area contributed by atoms with Crippen molar-refractivity contribution in [2.75, 3.05) is 6.61 Å². The Morgan fingerprint density at radius 2 is 2.21 bits per heavy atom. The standard InChI is InChI=1S/C10H18N2O2/c1-3-4-9(7-11)10(14)12-8(2)5-6-13/h8-9,13H,3-6H2,1-2H3,(H,12,14). The first-order valence-electron chi connectivity index (χ1n) is 4.96. The summed E-state index contributed by atoms with van der Waals surface area (Å²) in [5.41, 5.74) is 0. The van der Waals surface area contributed by atoms with Crippen molar-refractivity contribution in [2.45, 2.75) is 39.2 Å². The van der Waals surface area contributed by atoms with Crippen LogP contribution in [0.5, 0.6) is 0 Å². The molecule has 0 rings (SSSR count). The summed E-state index contributed by atoms with van der Waals surface area (Å²) in [5, 5.41) is 20.0. The van der Waals surface area contributed by atoms with E-state index in [9.17, 15) is 4.79 Å². The summed E-state index contributed by atoms with van der Waals surface area (Å²) in [6.45, 7) is 3.80. The van der Waals surface area contributed by atoms with Gasteiger partial charge in [-0.25, -0.2) is 0 Å². The van der Waals surface area contributed by atoms with Crippen molar-refractivity contribution < 1.29 is 9.90 Å². The second-order valence-electron chi connectivity index (χ2n) is 3.39. The molecule has 0 fully saturated rings. The maximum atomic E-state index is 11.4. The molecule has 2 N–H and O–H groups in total. The molecule has 4 heteroatoms. The topological polar surface area (TPSA) is 73.1 Å². The molecule has 2 unspecified atom stereocenters. The summed E-state index contributed by atoms with van der Waals surface area (Å²) < 4.78 is 0. The number of carbonyl (C=O) groups is 1. The van der Waals surface area contributed by atoms with Crippen LogP contribution in [0.3, 0.4) is 0 Å². The molecule has 0 aliphatic carbocycles. The predicted octanol–water partition coefficient (Wildman–Crippen LogP) is 0.813. The monoisotopic (exact) mass is 198 g/mol. The van der Waals surface area contributed by atoms with Crippen LogP contribution in [0, 0.1) is 17.2 Å². The summed E-state index contributed by atoms with van der Waals surface area (Å²) in [5.74, 6) is -0.781. The van der Waals surface area contributed by atoms with Gasteiger partial charge in [-0.05, 0) is 19.8 Å². The molecule has 0 aliphatic heterocycles. The smallest absolute Gasteiger partial charge is 0.237 e. The van der Waals surface area contributed by atoms with Crippen LogP contribution in [-0.2, 0) is 4.79 Å². The molecule has 14 heavy (non-hydrogen) atoms.